The van der Waals surface area contributed by atoms with Gasteiger partial charge in [-0.25, -0.2) is 12.8 Å². The number of carbonyl (C=O) groups is 2. The van der Waals surface area contributed by atoms with Crippen LogP contribution in [0, 0.1) is 11.2 Å². The Kier molecular flexibility index (Phi) is 8.88. The Morgan fingerprint density at radius 1 is 0.914 bits per heavy atom. The van der Waals surface area contributed by atoms with E-state index in [-0.39, 0.29) is 35.7 Å². The van der Waals surface area contributed by atoms with Crippen LogP contribution in [-0.2, 0) is 25.8 Å². The third-order valence-electron chi connectivity index (χ3n) is 4.62. The Hall–Kier alpha value is -3.15. The zero-order valence-electron chi connectivity index (χ0n) is 19.4. The van der Waals surface area contributed by atoms with E-state index in [4.69, 9.17) is 0 Å². The highest BCUT2D eigenvalue weighted by Crippen LogP contribution is 2.34. The van der Waals surface area contributed by atoms with Gasteiger partial charge < -0.3 is 10.6 Å². The Morgan fingerprint density at radius 3 is 2.03 bits per heavy atom. The summed E-state index contributed by atoms with van der Waals surface area (Å²) in [4.78, 5) is 24.0. The molecule has 0 unspecified atom stereocenters. The number of benzene rings is 2. The molecule has 0 aromatic heterocycles. The number of nitrogens with zero attached hydrogens (tertiary/aromatic N) is 1. The molecule has 0 fully saturated rings. The number of hydrogen-bond donors (Lipinski definition) is 2. The lowest BCUT2D eigenvalue weighted by Crippen LogP contribution is -2.43. The summed E-state index contributed by atoms with van der Waals surface area (Å²) in [5.41, 5.74) is -2.43. The molecule has 2 rings (SSSR count). The second kappa shape index (κ2) is 11.1. The van der Waals surface area contributed by atoms with Crippen LogP contribution in [-0.4, -0.2) is 39.9 Å². The number of nitrogens with one attached hydrogen (secondary N) is 2. The molecule has 35 heavy (non-hydrogen) atoms. The maximum Gasteiger partial charge on any atom is 0.416 e. The van der Waals surface area contributed by atoms with Gasteiger partial charge in [0.2, 0.25) is 11.8 Å². The quantitative estimate of drug-likeness (QED) is 0.392. The topological polar surface area (TPSA) is 95.6 Å². The number of alkyl halides is 3. The van der Waals surface area contributed by atoms with Gasteiger partial charge in [0.05, 0.1) is 16.1 Å². The van der Waals surface area contributed by atoms with Crippen molar-refractivity contribution in [3.63, 3.8) is 0 Å². The zero-order valence-corrected chi connectivity index (χ0v) is 20.3. The molecule has 0 bridgehead atoms. The summed E-state index contributed by atoms with van der Waals surface area (Å²) in [7, 11) is -4.60. The van der Waals surface area contributed by atoms with Crippen molar-refractivity contribution in [3.05, 3.63) is 59.9 Å². The number of amides is 2. The first kappa shape index (κ1) is 28.1. The van der Waals surface area contributed by atoms with Crippen molar-refractivity contribution in [2.75, 3.05) is 23.9 Å². The van der Waals surface area contributed by atoms with Crippen molar-refractivity contribution in [1.82, 2.24) is 10.6 Å². The van der Waals surface area contributed by atoms with Crippen LogP contribution in [0.25, 0.3) is 0 Å². The molecule has 192 valence electrons. The first-order valence-electron chi connectivity index (χ1n) is 10.6. The summed E-state index contributed by atoms with van der Waals surface area (Å²) in [5, 5.41) is 4.98. The van der Waals surface area contributed by atoms with Crippen molar-refractivity contribution < 1.29 is 35.6 Å². The van der Waals surface area contributed by atoms with E-state index in [0.29, 0.717) is 22.5 Å². The molecule has 0 saturated heterocycles. The van der Waals surface area contributed by atoms with Crippen molar-refractivity contribution in [2.24, 2.45) is 5.41 Å². The minimum Gasteiger partial charge on any atom is -0.354 e. The van der Waals surface area contributed by atoms with E-state index >= 15 is 0 Å². The fourth-order valence-electron chi connectivity index (χ4n) is 3.03. The Labute approximate surface area is 201 Å². The maximum absolute atomic E-state index is 14.6. The van der Waals surface area contributed by atoms with Gasteiger partial charge in [0.15, 0.2) is 0 Å². The summed E-state index contributed by atoms with van der Waals surface area (Å²) in [6.45, 7) is 4.63. The first-order chi connectivity index (χ1) is 16.1. The van der Waals surface area contributed by atoms with Crippen LogP contribution in [0.15, 0.2) is 53.4 Å². The first-order valence-corrected chi connectivity index (χ1v) is 12.0. The minimum atomic E-state index is -4.86. The van der Waals surface area contributed by atoms with E-state index in [1.807, 2.05) is 20.8 Å². The maximum atomic E-state index is 14.6. The van der Waals surface area contributed by atoms with Gasteiger partial charge in [0, 0.05) is 19.5 Å². The van der Waals surface area contributed by atoms with E-state index in [9.17, 15) is 35.6 Å². The SMILES string of the molecule is CC(C)(C)CC(=O)NCCNC(=O)CN(c1cc(C(F)(F)F)ccc1F)S(=O)(=O)c1ccccc1. The molecular formula is C23H27F4N3O4S. The number of rotatable bonds is 9. The van der Waals surface area contributed by atoms with Crippen LogP contribution in [0.5, 0.6) is 0 Å². The third-order valence-corrected chi connectivity index (χ3v) is 6.39. The molecule has 12 heteroatoms. The largest absolute Gasteiger partial charge is 0.416 e. The molecule has 0 spiro atoms. The fraction of sp³-hybridized carbons (Fsp3) is 0.391. The number of carbonyl (C=O) groups excluding carboxylic acids is 2. The molecule has 2 N–H and O–H groups in total. The molecule has 2 aromatic carbocycles. The standard InChI is InChI=1S/C23H27F4N3O4S/c1-22(2,3)14-20(31)28-11-12-29-21(32)15-30(35(33,34)17-7-5-4-6-8-17)19-13-16(23(25,26)27)9-10-18(19)24/h4-10,13H,11-12,14-15H2,1-3H3,(H,28,31)(H,29,32). The van der Waals surface area contributed by atoms with Gasteiger partial charge in [-0.1, -0.05) is 39.0 Å². The number of anilines is 1. The Bertz CT molecular complexity index is 1150. The predicted molar refractivity (Wildman–Crippen MR) is 122 cm³/mol. The molecule has 2 amide bonds. The van der Waals surface area contributed by atoms with Crippen LogP contribution in [0.3, 0.4) is 0 Å². The van der Waals surface area contributed by atoms with Crippen LogP contribution < -0.4 is 14.9 Å². The van der Waals surface area contributed by atoms with Crippen molar-refractivity contribution in [2.45, 2.75) is 38.3 Å². The van der Waals surface area contributed by atoms with Gasteiger partial charge in [0.1, 0.15) is 12.4 Å². The molecule has 7 nitrogen and oxygen atoms in total. The molecular weight excluding hydrogens is 490 g/mol. The molecule has 0 aliphatic rings. The molecule has 2 aromatic rings. The average molecular weight is 518 g/mol. The van der Waals surface area contributed by atoms with Crippen LogP contribution >= 0.6 is 0 Å². The highest BCUT2D eigenvalue weighted by molar-refractivity contribution is 7.92. The van der Waals surface area contributed by atoms with Crippen molar-refractivity contribution >= 4 is 27.5 Å². The van der Waals surface area contributed by atoms with Gasteiger partial charge in [-0.2, -0.15) is 13.2 Å². The minimum absolute atomic E-state index is 0.0456. The summed E-state index contributed by atoms with van der Waals surface area (Å²) < 4.78 is 80.9. The van der Waals surface area contributed by atoms with E-state index in [2.05, 4.69) is 10.6 Å². The molecule has 0 aliphatic heterocycles. The molecule has 0 saturated carbocycles. The summed E-state index contributed by atoms with van der Waals surface area (Å²) in [6, 6.07) is 7.96. The van der Waals surface area contributed by atoms with Gasteiger partial charge in [-0.15, -0.1) is 0 Å². The number of halogens is 4. The number of sulfonamides is 1. The van der Waals surface area contributed by atoms with E-state index < -0.39 is 45.7 Å². The fourth-order valence-corrected chi connectivity index (χ4v) is 4.48. The Morgan fingerprint density at radius 2 is 1.49 bits per heavy atom. The molecule has 0 aliphatic carbocycles. The monoisotopic (exact) mass is 517 g/mol. The van der Waals surface area contributed by atoms with E-state index in [0.717, 1.165) is 0 Å². The van der Waals surface area contributed by atoms with Crippen LogP contribution in [0.2, 0.25) is 0 Å². The van der Waals surface area contributed by atoms with Crippen molar-refractivity contribution in [3.8, 4) is 0 Å². The lowest BCUT2D eigenvalue weighted by Gasteiger charge is -2.25. The summed E-state index contributed by atoms with van der Waals surface area (Å²) in [6.07, 6.45) is -4.61. The predicted octanol–water partition coefficient (Wildman–Crippen LogP) is 3.71. The second-order valence-electron chi connectivity index (χ2n) is 8.93. The lowest BCUT2D eigenvalue weighted by atomic mass is 9.92. The lowest BCUT2D eigenvalue weighted by molar-refractivity contribution is -0.137. The zero-order chi connectivity index (χ0) is 26.4. The average Bonchev–Trinajstić information content (AvgIpc) is 2.74. The van der Waals surface area contributed by atoms with Gasteiger partial charge >= 0.3 is 6.18 Å². The third kappa shape index (κ3) is 8.23. The highest BCUT2D eigenvalue weighted by atomic mass is 32.2. The molecule has 0 heterocycles. The smallest absolute Gasteiger partial charge is 0.354 e. The number of hydrogen-bond acceptors (Lipinski definition) is 4. The van der Waals surface area contributed by atoms with E-state index in [1.165, 1.54) is 30.3 Å². The summed E-state index contributed by atoms with van der Waals surface area (Å²) in [5.74, 6) is -2.39. The normalized spacial score (nSPS) is 12.2. The van der Waals surface area contributed by atoms with Crippen LogP contribution in [0.4, 0.5) is 23.2 Å². The van der Waals surface area contributed by atoms with E-state index in [1.54, 1.807) is 0 Å². The van der Waals surface area contributed by atoms with Crippen LogP contribution in [0.1, 0.15) is 32.8 Å². The van der Waals surface area contributed by atoms with Gasteiger partial charge in [0.25, 0.3) is 10.0 Å². The van der Waals surface area contributed by atoms with Crippen molar-refractivity contribution in [1.29, 1.82) is 0 Å². The second-order valence-corrected chi connectivity index (χ2v) is 10.8. The molecule has 0 atom stereocenters. The Balaban J connectivity index is 2.25. The molecule has 0 radical (unpaired) electrons. The summed E-state index contributed by atoms with van der Waals surface area (Å²) >= 11 is 0. The van der Waals surface area contributed by atoms with Gasteiger partial charge in [-0.05, 0) is 35.7 Å². The highest BCUT2D eigenvalue weighted by Gasteiger charge is 2.35. The van der Waals surface area contributed by atoms with Gasteiger partial charge in [-0.3, -0.25) is 13.9 Å².